The standard InChI is InChI=1S/C23H23F9N2O2/c1-3-4-19(35)33-11-14-5-6-18(7-13(14)2)34-12-20(36,23(30,31)32)15-8-16(21(24,25)26)10-17(9-15)22(27,28)29/h5-10,34,36H,3-4,11-12H2,1-2H3,(H,33,35)/t20-/m0/s1. The Bertz CT molecular complexity index is 1050. The number of aryl methyl sites for hydroxylation is 1. The van der Waals surface area contributed by atoms with Crippen molar-refractivity contribution in [1.29, 1.82) is 0 Å². The minimum absolute atomic E-state index is 0.0156. The zero-order chi connectivity index (χ0) is 27.5. The molecule has 0 aliphatic rings. The maximum Gasteiger partial charge on any atom is 0.423 e. The highest BCUT2D eigenvalue weighted by Crippen LogP contribution is 2.44. The van der Waals surface area contributed by atoms with Crippen LogP contribution in [0.15, 0.2) is 36.4 Å². The van der Waals surface area contributed by atoms with Crippen molar-refractivity contribution >= 4 is 11.6 Å². The number of carbonyl (C=O) groups excluding carboxylic acids is 1. The lowest BCUT2D eigenvalue weighted by Crippen LogP contribution is -2.48. The van der Waals surface area contributed by atoms with Gasteiger partial charge >= 0.3 is 18.5 Å². The fourth-order valence-corrected chi connectivity index (χ4v) is 3.30. The van der Waals surface area contributed by atoms with Crippen molar-refractivity contribution in [3.8, 4) is 0 Å². The summed E-state index contributed by atoms with van der Waals surface area (Å²) in [6, 6.07) is 3.51. The molecule has 0 spiro atoms. The summed E-state index contributed by atoms with van der Waals surface area (Å²) >= 11 is 0. The number of amides is 1. The molecule has 0 bridgehead atoms. The molecular weight excluding hydrogens is 507 g/mol. The van der Waals surface area contributed by atoms with Crippen LogP contribution in [0.5, 0.6) is 0 Å². The predicted octanol–water partition coefficient (Wildman–Crippen LogP) is 6.31. The number of rotatable bonds is 8. The Kier molecular flexibility index (Phi) is 8.60. The lowest BCUT2D eigenvalue weighted by Gasteiger charge is -2.32. The monoisotopic (exact) mass is 530 g/mol. The van der Waals surface area contributed by atoms with Crippen molar-refractivity contribution in [3.63, 3.8) is 0 Å². The van der Waals surface area contributed by atoms with Crippen LogP contribution < -0.4 is 10.6 Å². The number of halogens is 9. The molecular formula is C23H23F9N2O2. The zero-order valence-electron chi connectivity index (χ0n) is 19.0. The van der Waals surface area contributed by atoms with Gasteiger partial charge in [0.25, 0.3) is 0 Å². The summed E-state index contributed by atoms with van der Waals surface area (Å²) in [5.74, 6) is -0.200. The highest BCUT2D eigenvalue weighted by Gasteiger charge is 2.56. The van der Waals surface area contributed by atoms with Crippen LogP contribution in [0.25, 0.3) is 0 Å². The smallest absolute Gasteiger partial charge is 0.381 e. The van der Waals surface area contributed by atoms with E-state index < -0.39 is 47.4 Å². The minimum Gasteiger partial charge on any atom is -0.381 e. The first kappa shape index (κ1) is 29.3. The quantitative estimate of drug-likeness (QED) is 0.351. The molecule has 0 saturated carbocycles. The van der Waals surface area contributed by atoms with E-state index >= 15 is 0 Å². The highest BCUT2D eigenvalue weighted by molar-refractivity contribution is 5.75. The summed E-state index contributed by atoms with van der Waals surface area (Å²) < 4.78 is 120. The van der Waals surface area contributed by atoms with Crippen molar-refractivity contribution in [2.45, 2.75) is 57.4 Å². The highest BCUT2D eigenvalue weighted by atomic mass is 19.4. The SMILES string of the molecule is CCCC(=O)NCc1ccc(NC[C@](O)(c2cc(C(F)(F)F)cc(C(F)(F)F)c2)C(F)(F)F)cc1C. The Balaban J connectivity index is 2.39. The summed E-state index contributed by atoms with van der Waals surface area (Å²) in [6.07, 6.45) is -15.5. The average molecular weight is 530 g/mol. The van der Waals surface area contributed by atoms with Crippen LogP contribution in [0.4, 0.5) is 45.2 Å². The summed E-state index contributed by atoms with van der Waals surface area (Å²) in [7, 11) is 0. The Morgan fingerprint density at radius 1 is 0.861 bits per heavy atom. The fraction of sp³-hybridized carbons (Fsp3) is 0.435. The molecule has 13 heteroatoms. The largest absolute Gasteiger partial charge is 0.423 e. The molecule has 0 heterocycles. The number of hydrogen-bond acceptors (Lipinski definition) is 3. The first-order chi connectivity index (χ1) is 16.4. The second kappa shape index (κ2) is 10.6. The average Bonchev–Trinajstić information content (AvgIpc) is 2.74. The molecule has 0 radical (unpaired) electrons. The molecule has 2 aromatic rings. The predicted molar refractivity (Wildman–Crippen MR) is 113 cm³/mol. The van der Waals surface area contributed by atoms with Crippen LogP contribution >= 0.6 is 0 Å². The molecule has 2 aromatic carbocycles. The molecule has 1 atom stereocenters. The summed E-state index contributed by atoms with van der Waals surface area (Å²) in [5.41, 5.74) is -8.50. The number of carbonyl (C=O) groups is 1. The number of aliphatic hydroxyl groups is 1. The van der Waals surface area contributed by atoms with Gasteiger partial charge in [-0.3, -0.25) is 4.79 Å². The molecule has 0 aliphatic carbocycles. The molecule has 200 valence electrons. The molecule has 0 saturated heterocycles. The van der Waals surface area contributed by atoms with E-state index in [9.17, 15) is 49.4 Å². The molecule has 4 nitrogen and oxygen atoms in total. The molecule has 0 fully saturated rings. The van der Waals surface area contributed by atoms with Crippen LogP contribution in [0.1, 0.15) is 47.6 Å². The summed E-state index contributed by atoms with van der Waals surface area (Å²) in [6.45, 7) is 2.07. The van der Waals surface area contributed by atoms with E-state index in [4.69, 9.17) is 0 Å². The molecule has 0 unspecified atom stereocenters. The lowest BCUT2D eigenvalue weighted by atomic mass is 9.89. The third-order valence-corrected chi connectivity index (χ3v) is 5.38. The van der Waals surface area contributed by atoms with Crippen LogP contribution in [-0.4, -0.2) is 23.7 Å². The van der Waals surface area contributed by atoms with E-state index in [0.29, 0.717) is 24.0 Å². The van der Waals surface area contributed by atoms with Gasteiger partial charge in [-0.25, -0.2) is 0 Å². The maximum absolute atomic E-state index is 13.8. The topological polar surface area (TPSA) is 61.4 Å². The van der Waals surface area contributed by atoms with E-state index in [1.165, 1.54) is 18.2 Å². The van der Waals surface area contributed by atoms with Gasteiger partial charge in [0, 0.05) is 18.7 Å². The second-order valence-electron chi connectivity index (χ2n) is 8.17. The summed E-state index contributed by atoms with van der Waals surface area (Å²) in [4.78, 5) is 11.6. The number of anilines is 1. The Morgan fingerprint density at radius 2 is 1.39 bits per heavy atom. The van der Waals surface area contributed by atoms with Gasteiger partial charge in [-0.15, -0.1) is 0 Å². The van der Waals surface area contributed by atoms with Crippen LogP contribution in [0.3, 0.4) is 0 Å². The minimum atomic E-state index is -5.63. The number of nitrogens with one attached hydrogen (secondary N) is 2. The maximum atomic E-state index is 13.8. The van der Waals surface area contributed by atoms with Crippen molar-refractivity contribution in [1.82, 2.24) is 5.32 Å². The van der Waals surface area contributed by atoms with Crippen molar-refractivity contribution in [2.75, 3.05) is 11.9 Å². The van der Waals surface area contributed by atoms with E-state index in [1.807, 2.05) is 6.92 Å². The number of hydrogen-bond donors (Lipinski definition) is 3. The van der Waals surface area contributed by atoms with Gasteiger partial charge in [-0.05, 0) is 60.4 Å². The van der Waals surface area contributed by atoms with E-state index in [-0.39, 0.29) is 36.3 Å². The number of alkyl halides is 9. The van der Waals surface area contributed by atoms with Gasteiger partial charge in [0.2, 0.25) is 11.5 Å². The number of benzene rings is 2. The normalized spacial score (nSPS) is 14.3. The zero-order valence-corrected chi connectivity index (χ0v) is 19.0. The third kappa shape index (κ3) is 7.05. The third-order valence-electron chi connectivity index (χ3n) is 5.38. The van der Waals surface area contributed by atoms with Crippen LogP contribution in [-0.2, 0) is 29.3 Å². The molecule has 0 aromatic heterocycles. The van der Waals surface area contributed by atoms with Crippen molar-refractivity contribution in [2.24, 2.45) is 0 Å². The van der Waals surface area contributed by atoms with E-state index in [1.54, 1.807) is 6.92 Å². The van der Waals surface area contributed by atoms with Crippen molar-refractivity contribution < 1.29 is 49.4 Å². The first-order valence-electron chi connectivity index (χ1n) is 10.6. The summed E-state index contributed by atoms with van der Waals surface area (Å²) in [5, 5.41) is 15.3. The molecule has 2 rings (SSSR count). The second-order valence-corrected chi connectivity index (χ2v) is 8.17. The Labute approximate surface area is 200 Å². The molecule has 0 aliphatic heterocycles. The first-order valence-corrected chi connectivity index (χ1v) is 10.6. The van der Waals surface area contributed by atoms with Gasteiger partial charge in [-0.1, -0.05) is 13.0 Å². The van der Waals surface area contributed by atoms with E-state index in [2.05, 4.69) is 10.6 Å². The van der Waals surface area contributed by atoms with Gasteiger partial charge < -0.3 is 15.7 Å². The molecule has 36 heavy (non-hydrogen) atoms. The van der Waals surface area contributed by atoms with Crippen molar-refractivity contribution in [3.05, 3.63) is 64.2 Å². The van der Waals surface area contributed by atoms with Gasteiger partial charge in [0.15, 0.2) is 0 Å². The van der Waals surface area contributed by atoms with Gasteiger partial charge in [0.05, 0.1) is 17.7 Å². The van der Waals surface area contributed by atoms with Gasteiger partial charge in [-0.2, -0.15) is 39.5 Å². The lowest BCUT2D eigenvalue weighted by molar-refractivity contribution is -0.261. The van der Waals surface area contributed by atoms with E-state index in [0.717, 1.165) is 0 Å². The Morgan fingerprint density at radius 3 is 1.83 bits per heavy atom. The fourth-order valence-electron chi connectivity index (χ4n) is 3.30. The van der Waals surface area contributed by atoms with Crippen LogP contribution in [0.2, 0.25) is 0 Å². The Hall–Kier alpha value is -2.96. The van der Waals surface area contributed by atoms with Crippen LogP contribution in [0, 0.1) is 6.92 Å². The molecule has 3 N–H and O–H groups in total. The molecule has 1 amide bonds. The van der Waals surface area contributed by atoms with Gasteiger partial charge in [0.1, 0.15) is 0 Å².